The summed E-state index contributed by atoms with van der Waals surface area (Å²) in [4.78, 5) is 0.878. The van der Waals surface area contributed by atoms with Crippen LogP contribution in [0.25, 0.3) is 0 Å². The summed E-state index contributed by atoms with van der Waals surface area (Å²) in [6.45, 7) is 1.56. The van der Waals surface area contributed by atoms with E-state index in [2.05, 4.69) is 12.6 Å². The van der Waals surface area contributed by atoms with Crippen LogP contribution >= 0.6 is 12.6 Å². The zero-order valence-corrected chi connectivity index (χ0v) is 7.08. The largest absolute Gasteiger partial charge is 0.465 e. The second-order valence-corrected chi connectivity index (χ2v) is 2.73. The van der Waals surface area contributed by atoms with E-state index < -0.39 is 6.29 Å². The summed E-state index contributed by atoms with van der Waals surface area (Å²) in [5.41, 5.74) is 0. The molecule has 1 rings (SSSR count). The van der Waals surface area contributed by atoms with E-state index >= 15 is 0 Å². The van der Waals surface area contributed by atoms with Gasteiger partial charge in [0, 0.05) is 4.90 Å². The van der Waals surface area contributed by atoms with Crippen molar-refractivity contribution in [3.05, 3.63) is 24.3 Å². The first-order valence-electron chi connectivity index (χ1n) is 3.32. The van der Waals surface area contributed by atoms with E-state index in [0.29, 0.717) is 5.75 Å². The van der Waals surface area contributed by atoms with Gasteiger partial charge in [0.15, 0.2) is 6.29 Å². The van der Waals surface area contributed by atoms with E-state index in [4.69, 9.17) is 9.84 Å². The highest BCUT2D eigenvalue weighted by molar-refractivity contribution is 7.80. The van der Waals surface area contributed by atoms with Crippen LogP contribution in [0.15, 0.2) is 29.2 Å². The summed E-state index contributed by atoms with van der Waals surface area (Å²) in [7, 11) is 0. The van der Waals surface area contributed by atoms with Gasteiger partial charge < -0.3 is 9.84 Å². The molecule has 0 heterocycles. The van der Waals surface area contributed by atoms with Crippen LogP contribution in [0.4, 0.5) is 0 Å². The maximum absolute atomic E-state index is 8.83. The van der Waals surface area contributed by atoms with E-state index in [1.807, 2.05) is 0 Å². The van der Waals surface area contributed by atoms with Gasteiger partial charge in [-0.2, -0.15) is 0 Å². The Morgan fingerprint density at radius 2 is 1.91 bits per heavy atom. The van der Waals surface area contributed by atoms with Gasteiger partial charge in [0.1, 0.15) is 5.75 Å². The zero-order valence-electron chi connectivity index (χ0n) is 6.19. The first kappa shape index (κ1) is 8.43. The number of hydrogen-bond donors (Lipinski definition) is 2. The summed E-state index contributed by atoms with van der Waals surface area (Å²) >= 11 is 4.10. The monoisotopic (exact) mass is 170 g/mol. The van der Waals surface area contributed by atoms with Gasteiger partial charge in [-0.05, 0) is 31.2 Å². The summed E-state index contributed by atoms with van der Waals surface area (Å²) in [6, 6.07) is 7.13. The smallest absolute Gasteiger partial charge is 0.194 e. The summed E-state index contributed by atoms with van der Waals surface area (Å²) in [5.74, 6) is 0.651. The molecule has 0 saturated carbocycles. The maximum Gasteiger partial charge on any atom is 0.194 e. The molecule has 0 aliphatic rings. The Morgan fingerprint density at radius 3 is 2.36 bits per heavy atom. The molecule has 1 N–H and O–H groups in total. The molecule has 0 fully saturated rings. The molecule has 0 bridgehead atoms. The van der Waals surface area contributed by atoms with Crippen molar-refractivity contribution in [2.75, 3.05) is 0 Å². The first-order valence-corrected chi connectivity index (χ1v) is 3.77. The minimum Gasteiger partial charge on any atom is -0.465 e. The van der Waals surface area contributed by atoms with Crippen LogP contribution in [-0.4, -0.2) is 11.4 Å². The van der Waals surface area contributed by atoms with Crippen molar-refractivity contribution in [3.63, 3.8) is 0 Å². The first-order chi connectivity index (χ1) is 5.18. The van der Waals surface area contributed by atoms with Crippen molar-refractivity contribution < 1.29 is 9.84 Å². The van der Waals surface area contributed by atoms with Gasteiger partial charge >= 0.3 is 0 Å². The minimum atomic E-state index is -0.763. The molecule has 1 atom stereocenters. The van der Waals surface area contributed by atoms with Gasteiger partial charge in [0.05, 0.1) is 0 Å². The minimum absolute atomic E-state index is 0.651. The average molecular weight is 170 g/mol. The lowest BCUT2D eigenvalue weighted by atomic mass is 10.3. The number of rotatable bonds is 2. The maximum atomic E-state index is 8.83. The van der Waals surface area contributed by atoms with Crippen molar-refractivity contribution in [3.8, 4) is 5.75 Å². The molecule has 1 unspecified atom stereocenters. The highest BCUT2D eigenvalue weighted by Gasteiger charge is 1.96. The van der Waals surface area contributed by atoms with Gasteiger partial charge in [-0.1, -0.05) is 0 Å². The molecule has 0 saturated heterocycles. The molecule has 0 spiro atoms. The SMILES string of the molecule is CC(O)Oc1ccc(S)cc1. The number of hydrogen-bond acceptors (Lipinski definition) is 3. The summed E-state index contributed by atoms with van der Waals surface area (Å²) in [6.07, 6.45) is -0.763. The van der Waals surface area contributed by atoms with Gasteiger partial charge in [-0.15, -0.1) is 12.6 Å². The Bertz CT molecular complexity index is 218. The standard InChI is InChI=1S/C8H10O2S/c1-6(9)10-7-2-4-8(11)5-3-7/h2-6,9,11H,1H3. The van der Waals surface area contributed by atoms with Gasteiger partial charge in [0.2, 0.25) is 0 Å². The van der Waals surface area contributed by atoms with Crippen molar-refractivity contribution in [1.82, 2.24) is 0 Å². The predicted octanol–water partition coefficient (Wildman–Crippen LogP) is 1.69. The fourth-order valence-corrected chi connectivity index (χ4v) is 0.871. The highest BCUT2D eigenvalue weighted by atomic mass is 32.1. The lowest BCUT2D eigenvalue weighted by Gasteiger charge is -2.07. The molecule has 0 aliphatic heterocycles. The second kappa shape index (κ2) is 3.64. The number of ether oxygens (including phenoxy) is 1. The van der Waals surface area contributed by atoms with Crippen LogP contribution < -0.4 is 4.74 Å². The zero-order chi connectivity index (χ0) is 8.27. The molecule has 0 aromatic heterocycles. The van der Waals surface area contributed by atoms with E-state index in [-0.39, 0.29) is 0 Å². The van der Waals surface area contributed by atoms with E-state index in [1.54, 1.807) is 31.2 Å². The van der Waals surface area contributed by atoms with Gasteiger partial charge in [0.25, 0.3) is 0 Å². The average Bonchev–Trinajstić information content (AvgIpc) is 1.93. The lowest BCUT2D eigenvalue weighted by molar-refractivity contribution is -0.000323. The predicted molar refractivity (Wildman–Crippen MR) is 46.0 cm³/mol. The van der Waals surface area contributed by atoms with Crippen molar-refractivity contribution in [2.24, 2.45) is 0 Å². The van der Waals surface area contributed by atoms with Crippen LogP contribution in [-0.2, 0) is 0 Å². The van der Waals surface area contributed by atoms with Crippen LogP contribution in [0, 0.1) is 0 Å². The number of aliphatic hydroxyl groups is 1. The second-order valence-electron chi connectivity index (χ2n) is 2.21. The van der Waals surface area contributed by atoms with Crippen LogP contribution in [0.2, 0.25) is 0 Å². The topological polar surface area (TPSA) is 29.5 Å². The van der Waals surface area contributed by atoms with Gasteiger partial charge in [-0.25, -0.2) is 0 Å². The Balaban J connectivity index is 2.66. The van der Waals surface area contributed by atoms with E-state index in [0.717, 1.165) is 4.90 Å². The van der Waals surface area contributed by atoms with Crippen molar-refractivity contribution >= 4 is 12.6 Å². The lowest BCUT2D eigenvalue weighted by Crippen LogP contribution is -2.09. The van der Waals surface area contributed by atoms with Crippen molar-refractivity contribution in [1.29, 1.82) is 0 Å². The molecule has 1 aromatic carbocycles. The Kier molecular flexibility index (Phi) is 2.79. The van der Waals surface area contributed by atoms with Crippen LogP contribution in [0.3, 0.4) is 0 Å². The Morgan fingerprint density at radius 1 is 1.36 bits per heavy atom. The quantitative estimate of drug-likeness (QED) is 0.522. The molecular formula is C8H10O2S. The Labute approximate surface area is 71.2 Å². The molecule has 0 aliphatic carbocycles. The number of benzene rings is 1. The van der Waals surface area contributed by atoms with Crippen LogP contribution in [0.1, 0.15) is 6.92 Å². The third-order valence-corrected chi connectivity index (χ3v) is 1.44. The molecular weight excluding hydrogens is 160 g/mol. The molecule has 60 valence electrons. The molecule has 11 heavy (non-hydrogen) atoms. The molecule has 2 nitrogen and oxygen atoms in total. The summed E-state index contributed by atoms with van der Waals surface area (Å²) in [5, 5.41) is 8.83. The highest BCUT2D eigenvalue weighted by Crippen LogP contribution is 2.14. The number of thiol groups is 1. The van der Waals surface area contributed by atoms with Gasteiger partial charge in [-0.3, -0.25) is 0 Å². The third-order valence-electron chi connectivity index (χ3n) is 1.14. The normalized spacial score (nSPS) is 12.6. The fourth-order valence-electron chi connectivity index (χ4n) is 0.722. The number of aliphatic hydroxyl groups excluding tert-OH is 1. The Hall–Kier alpha value is -0.670. The molecule has 0 radical (unpaired) electrons. The van der Waals surface area contributed by atoms with E-state index in [9.17, 15) is 0 Å². The molecule has 0 amide bonds. The van der Waals surface area contributed by atoms with Crippen molar-refractivity contribution in [2.45, 2.75) is 18.1 Å². The third kappa shape index (κ3) is 2.82. The van der Waals surface area contributed by atoms with E-state index in [1.165, 1.54) is 0 Å². The summed E-state index contributed by atoms with van der Waals surface area (Å²) < 4.78 is 4.99. The molecule has 3 heteroatoms. The fraction of sp³-hybridized carbons (Fsp3) is 0.250. The molecule has 1 aromatic rings. The van der Waals surface area contributed by atoms with Crippen LogP contribution in [0.5, 0.6) is 5.75 Å².